The molecule has 0 saturated heterocycles. The fourth-order valence-electron chi connectivity index (χ4n) is 1.91. The van der Waals surface area contributed by atoms with E-state index in [0.717, 1.165) is 6.54 Å². The van der Waals surface area contributed by atoms with Crippen LogP contribution in [0.5, 0.6) is 0 Å². The van der Waals surface area contributed by atoms with Crippen molar-refractivity contribution in [1.82, 2.24) is 15.4 Å². The van der Waals surface area contributed by atoms with Gasteiger partial charge in [-0.25, -0.2) is 0 Å². The predicted octanol–water partition coefficient (Wildman–Crippen LogP) is 1.32. The van der Waals surface area contributed by atoms with E-state index in [4.69, 9.17) is 9.63 Å². The van der Waals surface area contributed by atoms with Crippen molar-refractivity contribution in [3.8, 4) is 0 Å². The minimum absolute atomic E-state index is 0.0615. The van der Waals surface area contributed by atoms with Gasteiger partial charge in [-0.05, 0) is 41.3 Å². The first kappa shape index (κ1) is 16.7. The minimum atomic E-state index is -0.281. The summed E-state index contributed by atoms with van der Waals surface area (Å²) in [6.07, 6.45) is 0. The van der Waals surface area contributed by atoms with Gasteiger partial charge in [-0.15, -0.1) is 0 Å². The van der Waals surface area contributed by atoms with Crippen LogP contribution >= 0.6 is 0 Å². The molecule has 1 amide bonds. The molecule has 2 N–H and O–H groups in total. The van der Waals surface area contributed by atoms with Crippen molar-refractivity contribution in [2.45, 2.75) is 52.8 Å². The second-order valence-electron chi connectivity index (χ2n) is 5.60. The first-order valence-corrected chi connectivity index (χ1v) is 6.83. The van der Waals surface area contributed by atoms with Gasteiger partial charge in [0.05, 0.1) is 0 Å². The van der Waals surface area contributed by atoms with Gasteiger partial charge in [0.1, 0.15) is 6.61 Å². The van der Waals surface area contributed by atoms with Crippen LogP contribution in [0, 0.1) is 6.92 Å². The normalized spacial score (nSPS) is 13.6. The van der Waals surface area contributed by atoms with E-state index < -0.39 is 0 Å². The molecule has 0 spiro atoms. The van der Waals surface area contributed by atoms with E-state index in [1.807, 2.05) is 14.0 Å². The lowest BCUT2D eigenvalue weighted by molar-refractivity contribution is 0.0817. The minimum Gasteiger partial charge on any atom is -0.388 e. The average molecular weight is 283 g/mol. The standard InChI is InChI=1S/C14H25N3O3/c1-7-17(6)14(4,5)10(3)15-13(19)12-9(2)11(8-18)20-16-12/h10,18H,7-8H2,1-6H3,(H,15,19). The summed E-state index contributed by atoms with van der Waals surface area (Å²) in [6.45, 7) is 10.5. The highest BCUT2D eigenvalue weighted by Gasteiger charge is 2.31. The van der Waals surface area contributed by atoms with Crippen LogP contribution in [-0.2, 0) is 6.61 Å². The number of nitrogens with zero attached hydrogens (tertiary/aromatic N) is 2. The van der Waals surface area contributed by atoms with E-state index >= 15 is 0 Å². The van der Waals surface area contributed by atoms with E-state index in [0.29, 0.717) is 11.3 Å². The zero-order valence-corrected chi connectivity index (χ0v) is 13.1. The molecule has 1 atom stereocenters. The molecule has 1 heterocycles. The number of hydrogen-bond acceptors (Lipinski definition) is 5. The van der Waals surface area contributed by atoms with Gasteiger partial charge in [-0.2, -0.15) is 0 Å². The number of carbonyl (C=O) groups is 1. The number of aliphatic hydroxyl groups excluding tert-OH is 1. The Morgan fingerprint density at radius 1 is 1.55 bits per heavy atom. The summed E-state index contributed by atoms with van der Waals surface area (Å²) in [5, 5.41) is 15.7. The van der Waals surface area contributed by atoms with Crippen molar-refractivity contribution < 1.29 is 14.4 Å². The van der Waals surface area contributed by atoms with Crippen LogP contribution < -0.4 is 5.32 Å². The molecule has 0 bridgehead atoms. The molecular weight excluding hydrogens is 258 g/mol. The number of aromatic nitrogens is 1. The van der Waals surface area contributed by atoms with Crippen molar-refractivity contribution in [2.75, 3.05) is 13.6 Å². The Kier molecular flexibility index (Phi) is 5.30. The molecule has 0 saturated carbocycles. The van der Waals surface area contributed by atoms with Gasteiger partial charge < -0.3 is 14.9 Å². The third-order valence-corrected chi connectivity index (χ3v) is 4.24. The molecule has 1 rings (SSSR count). The zero-order valence-electron chi connectivity index (χ0n) is 13.1. The van der Waals surface area contributed by atoms with Crippen molar-refractivity contribution in [2.24, 2.45) is 0 Å². The largest absolute Gasteiger partial charge is 0.388 e. The lowest BCUT2D eigenvalue weighted by Crippen LogP contribution is -2.56. The maximum Gasteiger partial charge on any atom is 0.274 e. The van der Waals surface area contributed by atoms with Crippen molar-refractivity contribution in [1.29, 1.82) is 0 Å². The molecular formula is C14H25N3O3. The summed E-state index contributed by atoms with van der Waals surface area (Å²) in [5.74, 6) is 0.0452. The molecule has 20 heavy (non-hydrogen) atoms. The fourth-order valence-corrected chi connectivity index (χ4v) is 1.91. The number of rotatable bonds is 6. The maximum absolute atomic E-state index is 12.2. The third kappa shape index (κ3) is 3.19. The fraction of sp³-hybridized carbons (Fsp3) is 0.714. The van der Waals surface area contributed by atoms with E-state index in [1.54, 1.807) is 6.92 Å². The highest BCUT2D eigenvalue weighted by Crippen LogP contribution is 2.18. The molecule has 0 aliphatic carbocycles. The lowest BCUT2D eigenvalue weighted by Gasteiger charge is -2.40. The molecule has 1 unspecified atom stereocenters. The van der Waals surface area contributed by atoms with Gasteiger partial charge in [0.15, 0.2) is 11.5 Å². The van der Waals surface area contributed by atoms with Crippen LogP contribution in [0.2, 0.25) is 0 Å². The predicted molar refractivity (Wildman–Crippen MR) is 76.5 cm³/mol. The molecule has 1 aromatic heterocycles. The highest BCUT2D eigenvalue weighted by molar-refractivity contribution is 5.93. The van der Waals surface area contributed by atoms with Crippen LogP contribution in [0.4, 0.5) is 0 Å². The number of carbonyl (C=O) groups excluding carboxylic acids is 1. The zero-order chi connectivity index (χ0) is 15.5. The summed E-state index contributed by atoms with van der Waals surface area (Å²) in [5.41, 5.74) is 0.636. The number of aliphatic hydroxyl groups is 1. The van der Waals surface area contributed by atoms with E-state index in [-0.39, 0.29) is 29.8 Å². The Hall–Kier alpha value is -1.40. The second-order valence-corrected chi connectivity index (χ2v) is 5.60. The Labute approximate surface area is 120 Å². The van der Waals surface area contributed by atoms with E-state index in [2.05, 4.69) is 36.1 Å². The van der Waals surface area contributed by atoms with Gasteiger partial charge in [0, 0.05) is 17.1 Å². The maximum atomic E-state index is 12.2. The van der Waals surface area contributed by atoms with Gasteiger partial charge >= 0.3 is 0 Å². The highest BCUT2D eigenvalue weighted by atomic mass is 16.5. The van der Waals surface area contributed by atoms with Gasteiger partial charge in [0.2, 0.25) is 0 Å². The van der Waals surface area contributed by atoms with Crippen LogP contribution in [0.1, 0.15) is 49.5 Å². The Morgan fingerprint density at radius 3 is 2.60 bits per heavy atom. The summed E-state index contributed by atoms with van der Waals surface area (Å²) < 4.78 is 4.93. The van der Waals surface area contributed by atoms with E-state index in [9.17, 15) is 4.79 Å². The molecule has 0 aliphatic rings. The Bertz CT molecular complexity index is 468. The van der Waals surface area contributed by atoms with Crippen molar-refractivity contribution >= 4 is 5.91 Å². The average Bonchev–Trinajstić information content (AvgIpc) is 2.78. The molecule has 114 valence electrons. The summed E-state index contributed by atoms with van der Waals surface area (Å²) in [6, 6.07) is -0.0615. The molecule has 0 fully saturated rings. The smallest absolute Gasteiger partial charge is 0.274 e. The second kappa shape index (κ2) is 6.37. The number of nitrogens with one attached hydrogen (secondary N) is 1. The molecule has 6 heteroatoms. The summed E-state index contributed by atoms with van der Waals surface area (Å²) >= 11 is 0. The van der Waals surface area contributed by atoms with Crippen molar-refractivity contribution in [3.63, 3.8) is 0 Å². The quantitative estimate of drug-likeness (QED) is 0.823. The molecule has 6 nitrogen and oxygen atoms in total. The first-order chi connectivity index (χ1) is 9.25. The monoisotopic (exact) mass is 283 g/mol. The summed E-state index contributed by atoms with van der Waals surface area (Å²) in [7, 11) is 2.02. The SMILES string of the molecule is CCN(C)C(C)(C)C(C)NC(=O)c1noc(CO)c1C. The van der Waals surface area contributed by atoms with Crippen LogP contribution in [0.3, 0.4) is 0 Å². The number of hydrogen-bond donors (Lipinski definition) is 2. The Balaban J connectivity index is 2.82. The summed E-state index contributed by atoms with van der Waals surface area (Å²) in [4.78, 5) is 14.4. The lowest BCUT2D eigenvalue weighted by atomic mass is 9.94. The number of likely N-dealkylation sites (N-methyl/N-ethyl adjacent to an activating group) is 1. The van der Waals surface area contributed by atoms with E-state index in [1.165, 1.54) is 0 Å². The van der Waals surface area contributed by atoms with Gasteiger partial charge in [-0.3, -0.25) is 9.69 Å². The van der Waals surface area contributed by atoms with Crippen LogP contribution in [-0.4, -0.2) is 46.2 Å². The molecule has 0 aromatic carbocycles. The van der Waals surface area contributed by atoms with Gasteiger partial charge in [-0.1, -0.05) is 12.1 Å². The molecule has 1 aromatic rings. The molecule has 0 radical (unpaired) electrons. The molecule has 0 aliphatic heterocycles. The van der Waals surface area contributed by atoms with Crippen molar-refractivity contribution in [3.05, 3.63) is 17.0 Å². The first-order valence-electron chi connectivity index (χ1n) is 6.83. The van der Waals surface area contributed by atoms with Crippen LogP contribution in [0.25, 0.3) is 0 Å². The topological polar surface area (TPSA) is 78.6 Å². The van der Waals surface area contributed by atoms with Crippen LogP contribution in [0.15, 0.2) is 4.52 Å². The third-order valence-electron chi connectivity index (χ3n) is 4.24. The Morgan fingerprint density at radius 2 is 2.15 bits per heavy atom. The van der Waals surface area contributed by atoms with Gasteiger partial charge in [0.25, 0.3) is 5.91 Å². The number of amides is 1.